The molecule has 0 amide bonds. The van der Waals surface area contributed by atoms with Crippen molar-refractivity contribution in [1.29, 1.82) is 0 Å². The second-order valence-corrected chi connectivity index (χ2v) is 6.34. The first-order chi connectivity index (χ1) is 12.2. The van der Waals surface area contributed by atoms with E-state index in [-0.39, 0.29) is 6.29 Å². The number of anilines is 1. The zero-order chi connectivity index (χ0) is 17.6. The van der Waals surface area contributed by atoms with E-state index in [1.807, 2.05) is 44.2 Å². The van der Waals surface area contributed by atoms with Crippen LogP contribution in [0.2, 0.25) is 0 Å². The van der Waals surface area contributed by atoms with Crippen LogP contribution >= 0.6 is 11.3 Å². The minimum atomic E-state index is -0.351. The topological polar surface area (TPSA) is 57.4 Å². The van der Waals surface area contributed by atoms with Crippen LogP contribution < -0.4 is 5.73 Å². The van der Waals surface area contributed by atoms with Crippen LogP contribution in [0, 0.1) is 0 Å². The first-order valence-corrected chi connectivity index (χ1v) is 9.25. The van der Waals surface area contributed by atoms with E-state index in [1.54, 1.807) is 17.5 Å². The largest absolute Gasteiger partial charge is 0.383 e. The molecule has 2 heterocycles. The lowest BCUT2D eigenvalue weighted by Gasteiger charge is -2.12. The second kappa shape index (κ2) is 8.25. The summed E-state index contributed by atoms with van der Waals surface area (Å²) in [7, 11) is 0. The monoisotopic (exact) mass is 354 g/mol. The van der Waals surface area contributed by atoms with Gasteiger partial charge in [-0.2, -0.15) is 0 Å². The molecule has 2 aromatic heterocycles. The molecule has 0 aliphatic rings. The number of nitrogen functional groups attached to an aromatic ring is 1. The quantitative estimate of drug-likeness (QED) is 0.609. The lowest BCUT2D eigenvalue weighted by Crippen LogP contribution is -2.13. The lowest BCUT2D eigenvalue weighted by atomic mass is 10.0. The van der Waals surface area contributed by atoms with Gasteiger partial charge in [0.05, 0.1) is 0 Å². The predicted octanol–water partition coefficient (Wildman–Crippen LogP) is 4.96. The molecule has 4 nitrogen and oxygen atoms in total. The highest BCUT2D eigenvalue weighted by molar-refractivity contribution is 7.18. The maximum absolute atomic E-state index is 6.18. The first kappa shape index (κ1) is 17.6. The Morgan fingerprint density at radius 2 is 1.88 bits per heavy atom. The van der Waals surface area contributed by atoms with Crippen LogP contribution in [-0.2, 0) is 9.47 Å². The molecule has 25 heavy (non-hydrogen) atoms. The smallest absolute Gasteiger partial charge is 0.177 e. The highest BCUT2D eigenvalue weighted by atomic mass is 32.1. The summed E-state index contributed by atoms with van der Waals surface area (Å²) in [5.74, 6) is 0.554. The zero-order valence-corrected chi connectivity index (χ0v) is 15.3. The number of fused-ring (bicyclic) bond motifs is 1. The van der Waals surface area contributed by atoms with E-state index in [4.69, 9.17) is 15.2 Å². The number of thiophene rings is 1. The Balaban J connectivity index is 2.01. The molecule has 3 rings (SSSR count). The minimum Gasteiger partial charge on any atom is -0.383 e. The van der Waals surface area contributed by atoms with Gasteiger partial charge in [0.25, 0.3) is 0 Å². The van der Waals surface area contributed by atoms with Crippen molar-refractivity contribution in [3.05, 3.63) is 53.5 Å². The molecule has 0 radical (unpaired) electrons. The van der Waals surface area contributed by atoms with Gasteiger partial charge in [-0.1, -0.05) is 36.4 Å². The number of pyridine rings is 1. The predicted molar refractivity (Wildman–Crippen MR) is 106 cm³/mol. The Morgan fingerprint density at radius 1 is 1.16 bits per heavy atom. The fraction of sp³-hybridized carbons (Fsp3) is 0.250. The molecule has 2 N–H and O–H groups in total. The molecule has 0 bridgehead atoms. The van der Waals surface area contributed by atoms with Gasteiger partial charge in [0.2, 0.25) is 0 Å². The van der Waals surface area contributed by atoms with Crippen LogP contribution in [0.4, 0.5) is 5.82 Å². The SMILES string of the molecule is CCOC(C=Cc1cnc(N)c2c(-c3ccccc3)csc12)OCC. The van der Waals surface area contributed by atoms with Crippen LogP contribution in [0.5, 0.6) is 0 Å². The molecule has 0 aliphatic carbocycles. The molecular formula is C20H22N2O2S. The third-order valence-electron chi connectivity index (χ3n) is 3.83. The summed E-state index contributed by atoms with van der Waals surface area (Å²) in [6.07, 6.45) is 5.36. The van der Waals surface area contributed by atoms with E-state index >= 15 is 0 Å². The van der Waals surface area contributed by atoms with E-state index in [2.05, 4.69) is 22.5 Å². The van der Waals surface area contributed by atoms with Crippen LogP contribution in [0.25, 0.3) is 27.3 Å². The van der Waals surface area contributed by atoms with Crippen LogP contribution in [0.1, 0.15) is 19.4 Å². The van der Waals surface area contributed by atoms with Crippen molar-refractivity contribution in [2.24, 2.45) is 0 Å². The van der Waals surface area contributed by atoms with Crippen LogP contribution in [0.15, 0.2) is 48.0 Å². The summed E-state index contributed by atoms with van der Waals surface area (Å²) < 4.78 is 12.2. The summed E-state index contributed by atoms with van der Waals surface area (Å²) in [6, 6.07) is 10.2. The van der Waals surface area contributed by atoms with Gasteiger partial charge in [-0.25, -0.2) is 4.98 Å². The Morgan fingerprint density at radius 3 is 2.56 bits per heavy atom. The Bertz CT molecular complexity index is 853. The fourth-order valence-electron chi connectivity index (χ4n) is 2.71. The second-order valence-electron chi connectivity index (χ2n) is 5.46. The summed E-state index contributed by atoms with van der Waals surface area (Å²) >= 11 is 1.68. The molecule has 130 valence electrons. The molecule has 0 fully saturated rings. The average molecular weight is 354 g/mol. The third kappa shape index (κ3) is 3.90. The number of ether oxygens (including phenoxy) is 2. The summed E-state index contributed by atoms with van der Waals surface area (Å²) in [5.41, 5.74) is 9.46. The molecule has 0 saturated heterocycles. The zero-order valence-electron chi connectivity index (χ0n) is 14.4. The Kier molecular flexibility index (Phi) is 5.81. The van der Waals surface area contributed by atoms with Gasteiger partial charge in [-0.05, 0) is 30.9 Å². The van der Waals surface area contributed by atoms with Gasteiger partial charge >= 0.3 is 0 Å². The maximum atomic E-state index is 6.18. The minimum absolute atomic E-state index is 0.351. The Hall–Kier alpha value is -2.21. The lowest BCUT2D eigenvalue weighted by molar-refractivity contribution is -0.103. The van der Waals surface area contributed by atoms with E-state index in [1.165, 1.54) is 0 Å². The van der Waals surface area contributed by atoms with Crippen molar-refractivity contribution in [2.45, 2.75) is 20.1 Å². The van der Waals surface area contributed by atoms with Crippen molar-refractivity contribution < 1.29 is 9.47 Å². The van der Waals surface area contributed by atoms with Gasteiger partial charge in [-0.3, -0.25) is 0 Å². The van der Waals surface area contributed by atoms with Crippen molar-refractivity contribution in [1.82, 2.24) is 4.98 Å². The highest BCUT2D eigenvalue weighted by Gasteiger charge is 2.13. The van der Waals surface area contributed by atoms with Crippen molar-refractivity contribution >= 4 is 33.3 Å². The number of hydrogen-bond acceptors (Lipinski definition) is 5. The number of nitrogens with two attached hydrogens (primary N) is 1. The molecule has 0 aliphatic heterocycles. The molecule has 5 heteroatoms. The molecular weight excluding hydrogens is 332 g/mol. The van der Waals surface area contributed by atoms with Crippen LogP contribution in [0.3, 0.4) is 0 Å². The summed E-state index contributed by atoms with van der Waals surface area (Å²) in [5, 5.41) is 3.14. The standard InChI is InChI=1S/C20H22N2O2S/c1-3-23-17(24-4-2)11-10-15-12-22-20(21)18-16(13-25-19(15)18)14-8-6-5-7-9-14/h5-13,17H,3-4H2,1-2H3,(H2,21,22). The molecule has 0 unspecified atom stereocenters. The van der Waals surface area contributed by atoms with Gasteiger partial charge in [0.15, 0.2) is 6.29 Å². The number of aromatic nitrogens is 1. The van der Waals surface area contributed by atoms with Crippen molar-refractivity contribution in [3.8, 4) is 11.1 Å². The van der Waals surface area contributed by atoms with Crippen molar-refractivity contribution in [3.63, 3.8) is 0 Å². The summed E-state index contributed by atoms with van der Waals surface area (Å²) in [6.45, 7) is 5.10. The molecule has 3 aromatic rings. The average Bonchev–Trinajstić information content (AvgIpc) is 3.08. The number of hydrogen-bond donors (Lipinski definition) is 1. The number of benzene rings is 1. The van der Waals surface area contributed by atoms with E-state index in [9.17, 15) is 0 Å². The van der Waals surface area contributed by atoms with Crippen molar-refractivity contribution in [2.75, 3.05) is 18.9 Å². The molecule has 0 spiro atoms. The highest BCUT2D eigenvalue weighted by Crippen LogP contribution is 2.38. The van der Waals surface area contributed by atoms with E-state index < -0.39 is 0 Å². The summed E-state index contributed by atoms with van der Waals surface area (Å²) in [4.78, 5) is 4.39. The number of nitrogens with zero attached hydrogens (tertiary/aromatic N) is 1. The Labute approximate surface area is 151 Å². The fourth-order valence-corrected chi connectivity index (χ4v) is 3.78. The van der Waals surface area contributed by atoms with Gasteiger partial charge in [0.1, 0.15) is 5.82 Å². The molecule has 0 atom stereocenters. The molecule has 1 aromatic carbocycles. The molecule has 0 saturated carbocycles. The van der Waals surface area contributed by atoms with E-state index in [0.29, 0.717) is 19.0 Å². The van der Waals surface area contributed by atoms with Gasteiger partial charge in [-0.15, -0.1) is 11.3 Å². The first-order valence-electron chi connectivity index (χ1n) is 8.37. The van der Waals surface area contributed by atoms with Gasteiger partial charge < -0.3 is 15.2 Å². The van der Waals surface area contributed by atoms with E-state index in [0.717, 1.165) is 26.8 Å². The van der Waals surface area contributed by atoms with Gasteiger partial charge in [0, 0.05) is 40.6 Å². The normalized spacial score (nSPS) is 11.8. The number of rotatable bonds is 7. The maximum Gasteiger partial charge on any atom is 0.177 e. The third-order valence-corrected chi connectivity index (χ3v) is 4.86. The van der Waals surface area contributed by atoms with Crippen LogP contribution in [-0.4, -0.2) is 24.5 Å².